The average Bonchev–Trinajstić information content (AvgIpc) is 3.24. The second kappa shape index (κ2) is 11.7. The van der Waals surface area contributed by atoms with E-state index in [1.807, 2.05) is 66.7 Å². The van der Waals surface area contributed by atoms with Gasteiger partial charge in [0.05, 0.1) is 6.42 Å². The van der Waals surface area contributed by atoms with Crippen molar-refractivity contribution in [3.8, 4) is 11.5 Å². The highest BCUT2D eigenvalue weighted by Crippen LogP contribution is 2.56. The van der Waals surface area contributed by atoms with Crippen molar-refractivity contribution in [1.29, 1.82) is 0 Å². The van der Waals surface area contributed by atoms with Crippen LogP contribution in [0.1, 0.15) is 38.7 Å². The molecule has 4 aromatic rings. The molecule has 1 saturated heterocycles. The van der Waals surface area contributed by atoms with Gasteiger partial charge in [-0.3, -0.25) is 28.4 Å². The van der Waals surface area contributed by atoms with E-state index in [1.165, 1.54) is 0 Å². The summed E-state index contributed by atoms with van der Waals surface area (Å²) in [6.07, 6.45) is 3.88. The number of hydrogen-bond acceptors (Lipinski definition) is 6. The highest BCUT2D eigenvalue weighted by molar-refractivity contribution is 8.23. The minimum Gasteiger partial charge on any atom is -0.457 e. The Bertz CT molecular complexity index is 1410. The van der Waals surface area contributed by atoms with Crippen molar-refractivity contribution < 1.29 is 23.4 Å². The first-order valence-corrected chi connectivity index (χ1v) is 14.2. The summed E-state index contributed by atoms with van der Waals surface area (Å²) in [5.41, 5.74) is 3.18. The van der Waals surface area contributed by atoms with E-state index < -0.39 is 16.0 Å². The Kier molecular flexibility index (Phi) is 7.92. The SMILES string of the molecule is O=C1CC(c2ccc(CN(CCc3ccc(Oc4ccccc4)cc3)C(=O)c3ccncc3)cc2)S(O)(O)N1. The van der Waals surface area contributed by atoms with E-state index in [1.54, 1.807) is 41.6 Å². The van der Waals surface area contributed by atoms with Crippen LogP contribution in [-0.2, 0) is 17.8 Å². The molecule has 0 radical (unpaired) electrons. The van der Waals surface area contributed by atoms with E-state index in [0.717, 1.165) is 22.6 Å². The van der Waals surface area contributed by atoms with Gasteiger partial charge in [0.2, 0.25) is 5.91 Å². The molecule has 200 valence electrons. The molecule has 0 saturated carbocycles. The third-order valence-electron chi connectivity index (χ3n) is 6.54. The number of rotatable bonds is 9. The van der Waals surface area contributed by atoms with Crippen molar-refractivity contribution in [2.75, 3.05) is 6.54 Å². The van der Waals surface area contributed by atoms with Gasteiger partial charge in [-0.1, -0.05) is 54.6 Å². The fourth-order valence-electron chi connectivity index (χ4n) is 4.47. The maximum absolute atomic E-state index is 13.4. The Morgan fingerprint density at radius 3 is 2.18 bits per heavy atom. The molecule has 0 spiro atoms. The van der Waals surface area contributed by atoms with Crippen LogP contribution in [0.5, 0.6) is 11.5 Å². The molecule has 1 aromatic heterocycles. The summed E-state index contributed by atoms with van der Waals surface area (Å²) in [5, 5.41) is -0.678. The molecule has 2 heterocycles. The molecule has 3 aromatic carbocycles. The molecule has 2 amide bonds. The first kappa shape index (κ1) is 26.4. The monoisotopic (exact) mass is 543 g/mol. The van der Waals surface area contributed by atoms with Crippen LogP contribution in [0, 0.1) is 0 Å². The minimum atomic E-state index is -3.21. The predicted molar refractivity (Wildman–Crippen MR) is 150 cm³/mol. The molecule has 1 atom stereocenters. The van der Waals surface area contributed by atoms with Crippen molar-refractivity contribution in [2.45, 2.75) is 24.6 Å². The Labute approximate surface area is 228 Å². The maximum atomic E-state index is 13.4. The summed E-state index contributed by atoms with van der Waals surface area (Å²) >= 11 is 0. The van der Waals surface area contributed by atoms with Crippen molar-refractivity contribution >= 4 is 22.6 Å². The average molecular weight is 544 g/mol. The van der Waals surface area contributed by atoms with Gasteiger partial charge in [-0.05, 0) is 59.5 Å². The Morgan fingerprint density at radius 1 is 0.897 bits per heavy atom. The summed E-state index contributed by atoms with van der Waals surface area (Å²) in [6, 6.07) is 28.1. The molecule has 3 N–H and O–H groups in total. The third-order valence-corrected chi connectivity index (χ3v) is 8.30. The number of pyridine rings is 1. The van der Waals surface area contributed by atoms with Crippen molar-refractivity contribution in [1.82, 2.24) is 14.6 Å². The first-order chi connectivity index (χ1) is 18.9. The molecule has 5 rings (SSSR count). The lowest BCUT2D eigenvalue weighted by molar-refractivity contribution is -0.118. The lowest BCUT2D eigenvalue weighted by Crippen LogP contribution is -2.32. The lowest BCUT2D eigenvalue weighted by Gasteiger charge is -2.33. The number of carbonyl (C=O) groups is 2. The molecular weight excluding hydrogens is 514 g/mol. The molecule has 1 unspecified atom stereocenters. The van der Waals surface area contributed by atoms with Crippen molar-refractivity contribution in [2.24, 2.45) is 0 Å². The summed E-state index contributed by atoms with van der Waals surface area (Å²) in [4.78, 5) is 30.9. The van der Waals surface area contributed by atoms with Gasteiger partial charge in [-0.15, -0.1) is 10.8 Å². The smallest absolute Gasteiger partial charge is 0.254 e. The van der Waals surface area contributed by atoms with Gasteiger partial charge in [0.1, 0.15) is 16.7 Å². The molecule has 1 fully saturated rings. The number of amides is 2. The second-order valence-corrected chi connectivity index (χ2v) is 11.3. The normalized spacial score (nSPS) is 16.8. The van der Waals surface area contributed by atoms with Gasteiger partial charge < -0.3 is 9.64 Å². The zero-order valence-corrected chi connectivity index (χ0v) is 22.0. The number of carbonyl (C=O) groups excluding carboxylic acids is 2. The van der Waals surface area contributed by atoms with Crippen LogP contribution in [-0.4, -0.2) is 37.3 Å². The standard InChI is InChI=1S/C30H29N3O5S/c34-29-20-28(39(36,37)32-29)24-10-6-23(7-11-24)21-33(30(35)25-14-17-31-18-15-25)19-16-22-8-12-27(13-9-22)38-26-4-2-1-3-5-26/h1-15,17-18,28,36-37H,16,19-21H2,(H,32,34). The van der Waals surface area contributed by atoms with Crippen LogP contribution < -0.4 is 9.46 Å². The topological polar surface area (TPSA) is 112 Å². The maximum Gasteiger partial charge on any atom is 0.254 e. The first-order valence-electron chi connectivity index (χ1n) is 12.5. The molecule has 8 nitrogen and oxygen atoms in total. The highest BCUT2D eigenvalue weighted by Gasteiger charge is 2.37. The van der Waals surface area contributed by atoms with Crippen LogP contribution in [0.3, 0.4) is 0 Å². The number of nitrogens with zero attached hydrogens (tertiary/aromatic N) is 2. The van der Waals surface area contributed by atoms with Gasteiger partial charge in [0.15, 0.2) is 0 Å². The molecule has 1 aliphatic heterocycles. The van der Waals surface area contributed by atoms with E-state index in [0.29, 0.717) is 30.6 Å². The Morgan fingerprint density at radius 2 is 1.54 bits per heavy atom. The van der Waals surface area contributed by atoms with E-state index in [9.17, 15) is 18.7 Å². The zero-order valence-electron chi connectivity index (χ0n) is 21.1. The van der Waals surface area contributed by atoms with Crippen molar-refractivity contribution in [3.05, 3.63) is 126 Å². The zero-order chi connectivity index (χ0) is 27.2. The molecule has 1 aliphatic rings. The van der Waals surface area contributed by atoms with Gasteiger partial charge >= 0.3 is 0 Å². The van der Waals surface area contributed by atoms with Crippen LogP contribution in [0.2, 0.25) is 0 Å². The van der Waals surface area contributed by atoms with Crippen LogP contribution in [0.4, 0.5) is 0 Å². The largest absolute Gasteiger partial charge is 0.457 e. The second-order valence-electron chi connectivity index (χ2n) is 9.32. The number of hydrogen-bond donors (Lipinski definition) is 3. The number of para-hydroxylation sites is 1. The molecule has 0 bridgehead atoms. The number of ether oxygens (including phenoxy) is 1. The summed E-state index contributed by atoms with van der Waals surface area (Å²) in [5.74, 6) is 1.03. The quantitative estimate of drug-likeness (QED) is 0.239. The number of aromatic nitrogens is 1. The van der Waals surface area contributed by atoms with Crippen LogP contribution >= 0.6 is 10.8 Å². The van der Waals surface area contributed by atoms with Crippen LogP contribution in [0.15, 0.2) is 103 Å². The van der Waals surface area contributed by atoms with E-state index in [2.05, 4.69) is 9.71 Å². The van der Waals surface area contributed by atoms with E-state index >= 15 is 0 Å². The highest BCUT2D eigenvalue weighted by atomic mass is 32.3. The van der Waals surface area contributed by atoms with E-state index in [4.69, 9.17) is 4.74 Å². The summed E-state index contributed by atoms with van der Waals surface area (Å²) < 4.78 is 28.5. The Hall–Kier alpha value is -4.18. The van der Waals surface area contributed by atoms with E-state index in [-0.39, 0.29) is 18.2 Å². The fraction of sp³-hybridized carbons (Fsp3) is 0.167. The van der Waals surface area contributed by atoms with Gasteiger partial charge in [0.25, 0.3) is 5.91 Å². The third kappa shape index (κ3) is 6.64. The van der Waals surface area contributed by atoms with Gasteiger partial charge in [-0.2, -0.15) is 0 Å². The fourth-order valence-corrected chi connectivity index (χ4v) is 5.95. The van der Waals surface area contributed by atoms with Gasteiger partial charge in [0, 0.05) is 31.0 Å². The molecule has 9 heteroatoms. The van der Waals surface area contributed by atoms with Gasteiger partial charge in [-0.25, -0.2) is 0 Å². The molecule has 0 aliphatic carbocycles. The van der Waals surface area contributed by atoms with Crippen molar-refractivity contribution in [3.63, 3.8) is 0 Å². The predicted octanol–water partition coefficient (Wildman–Crippen LogP) is 5.99. The lowest BCUT2D eigenvalue weighted by atomic mass is 10.1. The number of nitrogens with one attached hydrogen (secondary N) is 1. The minimum absolute atomic E-state index is 0.0313. The van der Waals surface area contributed by atoms with Crippen LogP contribution in [0.25, 0.3) is 0 Å². The summed E-state index contributed by atoms with van der Waals surface area (Å²) in [6.45, 7) is 0.859. The Balaban J connectivity index is 1.28. The summed E-state index contributed by atoms with van der Waals surface area (Å²) in [7, 11) is -3.21. The molecule has 39 heavy (non-hydrogen) atoms. The number of benzene rings is 3. The molecular formula is C30H29N3O5S.